The molecule has 1 aromatic heterocycles. The molecule has 0 saturated carbocycles. The van der Waals surface area contributed by atoms with Gasteiger partial charge in [-0.3, -0.25) is 9.36 Å². The van der Waals surface area contributed by atoms with E-state index in [1.807, 2.05) is 24.3 Å². The number of carbonyl (C=O) groups excluding carboxylic acids is 1. The molecular formula is C17H22N4O2. The molecule has 1 aliphatic rings. The van der Waals surface area contributed by atoms with Crippen molar-refractivity contribution < 1.29 is 9.53 Å². The van der Waals surface area contributed by atoms with Crippen LogP contribution in [-0.2, 0) is 4.74 Å². The zero-order chi connectivity index (χ0) is 15.9. The van der Waals surface area contributed by atoms with Crippen molar-refractivity contribution in [3.05, 3.63) is 42.5 Å². The highest BCUT2D eigenvalue weighted by atomic mass is 16.5. The first kappa shape index (κ1) is 15.7. The first-order valence-corrected chi connectivity index (χ1v) is 8.18. The number of para-hydroxylation sites is 1. The summed E-state index contributed by atoms with van der Waals surface area (Å²) in [5, 5.41) is 10.6. The molecule has 1 atom stereocenters. The van der Waals surface area contributed by atoms with Crippen molar-refractivity contribution >= 4 is 5.91 Å². The average molecular weight is 314 g/mol. The Morgan fingerprint density at radius 2 is 2.09 bits per heavy atom. The Hall–Kier alpha value is -2.21. The summed E-state index contributed by atoms with van der Waals surface area (Å²) in [6.07, 6.45) is 9.12. The van der Waals surface area contributed by atoms with E-state index in [4.69, 9.17) is 4.74 Å². The summed E-state index contributed by atoms with van der Waals surface area (Å²) in [5.41, 5.74) is 1.42. The highest BCUT2D eigenvalue weighted by Crippen LogP contribution is 2.17. The van der Waals surface area contributed by atoms with Crippen LogP contribution in [0.25, 0.3) is 5.69 Å². The van der Waals surface area contributed by atoms with Crippen LogP contribution in [0.3, 0.4) is 0 Å². The number of rotatable bonds is 7. The van der Waals surface area contributed by atoms with Gasteiger partial charge in [0.05, 0.1) is 17.4 Å². The van der Waals surface area contributed by atoms with Crippen molar-refractivity contribution in [2.45, 2.75) is 38.2 Å². The van der Waals surface area contributed by atoms with Crippen LogP contribution in [0.4, 0.5) is 0 Å². The van der Waals surface area contributed by atoms with Crippen molar-refractivity contribution in [3.8, 4) is 5.69 Å². The Morgan fingerprint density at radius 1 is 1.26 bits per heavy atom. The Bertz CT molecular complexity index is 621. The molecule has 6 nitrogen and oxygen atoms in total. The van der Waals surface area contributed by atoms with E-state index in [1.54, 1.807) is 17.2 Å². The maximum Gasteiger partial charge on any atom is 0.253 e. The van der Waals surface area contributed by atoms with Crippen molar-refractivity contribution in [1.29, 1.82) is 0 Å². The van der Waals surface area contributed by atoms with E-state index in [1.165, 1.54) is 12.8 Å². The number of benzene rings is 1. The number of unbranched alkanes of at least 4 members (excludes halogenated alkanes) is 1. The molecule has 3 rings (SSSR count). The van der Waals surface area contributed by atoms with Crippen LogP contribution in [0.2, 0.25) is 0 Å². The highest BCUT2D eigenvalue weighted by molar-refractivity contribution is 5.97. The molecule has 2 heterocycles. The summed E-state index contributed by atoms with van der Waals surface area (Å²) < 4.78 is 7.35. The number of amides is 1. The molecule has 1 amide bonds. The van der Waals surface area contributed by atoms with E-state index in [0.29, 0.717) is 18.2 Å². The van der Waals surface area contributed by atoms with Crippen LogP contribution in [0.5, 0.6) is 0 Å². The molecule has 1 aromatic carbocycles. The average Bonchev–Trinajstić information content (AvgIpc) is 3.28. The zero-order valence-electron chi connectivity index (χ0n) is 13.1. The quantitative estimate of drug-likeness (QED) is 0.797. The van der Waals surface area contributed by atoms with E-state index >= 15 is 0 Å². The number of nitrogens with one attached hydrogen (secondary N) is 1. The SMILES string of the molecule is O=C(NCCCCC1CCCO1)c1ccccc1-n1cnnc1. The fourth-order valence-corrected chi connectivity index (χ4v) is 2.88. The number of nitrogens with zero attached hydrogens (tertiary/aromatic N) is 3. The standard InChI is InChI=1S/C17H22N4O2/c22-17(18-10-4-3-6-14-7-5-11-23-14)15-8-1-2-9-16(15)21-12-19-20-13-21/h1-2,8-9,12-14H,3-7,10-11H2,(H,18,22). The van der Waals surface area contributed by atoms with Crippen molar-refractivity contribution in [3.63, 3.8) is 0 Å². The number of hydrogen-bond acceptors (Lipinski definition) is 4. The lowest BCUT2D eigenvalue weighted by molar-refractivity contribution is 0.0947. The second-order valence-electron chi connectivity index (χ2n) is 5.77. The Balaban J connectivity index is 1.48. The Kier molecular flexibility index (Phi) is 5.37. The van der Waals surface area contributed by atoms with Gasteiger partial charge in [0.1, 0.15) is 12.7 Å². The minimum atomic E-state index is -0.0635. The largest absolute Gasteiger partial charge is 0.378 e. The topological polar surface area (TPSA) is 69.0 Å². The zero-order valence-corrected chi connectivity index (χ0v) is 13.1. The predicted octanol–water partition coefficient (Wildman–Crippen LogP) is 2.35. The first-order valence-electron chi connectivity index (χ1n) is 8.18. The Morgan fingerprint density at radius 3 is 2.87 bits per heavy atom. The maximum atomic E-state index is 12.4. The van der Waals surface area contributed by atoms with Crippen LogP contribution in [0, 0.1) is 0 Å². The summed E-state index contributed by atoms with van der Waals surface area (Å²) in [4.78, 5) is 12.4. The molecule has 122 valence electrons. The minimum absolute atomic E-state index is 0.0635. The molecule has 1 N–H and O–H groups in total. The van der Waals surface area contributed by atoms with Crippen LogP contribution >= 0.6 is 0 Å². The molecule has 0 aliphatic carbocycles. The van der Waals surface area contributed by atoms with Gasteiger partial charge < -0.3 is 10.1 Å². The van der Waals surface area contributed by atoms with Gasteiger partial charge in [-0.15, -0.1) is 10.2 Å². The van der Waals surface area contributed by atoms with E-state index < -0.39 is 0 Å². The van der Waals surface area contributed by atoms with Gasteiger partial charge in [0.25, 0.3) is 5.91 Å². The summed E-state index contributed by atoms with van der Waals surface area (Å²) in [5.74, 6) is -0.0635. The van der Waals surface area contributed by atoms with Gasteiger partial charge in [-0.1, -0.05) is 12.1 Å². The molecule has 1 aliphatic heterocycles. The number of ether oxygens (including phenoxy) is 1. The lowest BCUT2D eigenvalue weighted by Crippen LogP contribution is -2.25. The monoisotopic (exact) mass is 314 g/mol. The van der Waals surface area contributed by atoms with Gasteiger partial charge in [0, 0.05) is 13.2 Å². The molecule has 23 heavy (non-hydrogen) atoms. The smallest absolute Gasteiger partial charge is 0.253 e. The predicted molar refractivity (Wildman–Crippen MR) is 86.5 cm³/mol. The fourth-order valence-electron chi connectivity index (χ4n) is 2.88. The Labute approximate surface area is 135 Å². The molecule has 0 spiro atoms. The van der Waals surface area contributed by atoms with Crippen molar-refractivity contribution in [1.82, 2.24) is 20.1 Å². The highest BCUT2D eigenvalue weighted by Gasteiger charge is 2.15. The van der Waals surface area contributed by atoms with Gasteiger partial charge >= 0.3 is 0 Å². The van der Waals surface area contributed by atoms with Gasteiger partial charge in [0.15, 0.2) is 0 Å². The number of aromatic nitrogens is 3. The van der Waals surface area contributed by atoms with E-state index in [0.717, 1.165) is 31.6 Å². The van der Waals surface area contributed by atoms with E-state index in [9.17, 15) is 4.79 Å². The maximum absolute atomic E-state index is 12.4. The van der Waals surface area contributed by atoms with E-state index in [2.05, 4.69) is 15.5 Å². The van der Waals surface area contributed by atoms with Crippen LogP contribution < -0.4 is 5.32 Å². The van der Waals surface area contributed by atoms with Gasteiger partial charge in [-0.05, 0) is 44.2 Å². The normalized spacial score (nSPS) is 17.3. The summed E-state index contributed by atoms with van der Waals surface area (Å²) in [7, 11) is 0. The van der Waals surface area contributed by atoms with Crippen LogP contribution in [0.1, 0.15) is 42.5 Å². The second-order valence-corrected chi connectivity index (χ2v) is 5.77. The van der Waals surface area contributed by atoms with Crippen LogP contribution in [0.15, 0.2) is 36.9 Å². The summed E-state index contributed by atoms with van der Waals surface area (Å²) in [6.45, 7) is 1.59. The molecule has 6 heteroatoms. The number of carbonyl (C=O) groups is 1. The third kappa shape index (κ3) is 4.16. The third-order valence-electron chi connectivity index (χ3n) is 4.11. The first-order chi connectivity index (χ1) is 11.3. The lowest BCUT2D eigenvalue weighted by Gasteiger charge is -2.11. The molecule has 1 fully saturated rings. The molecule has 0 radical (unpaired) electrons. The third-order valence-corrected chi connectivity index (χ3v) is 4.11. The molecule has 1 saturated heterocycles. The molecule has 1 unspecified atom stereocenters. The van der Waals surface area contributed by atoms with Gasteiger partial charge in [-0.2, -0.15) is 0 Å². The lowest BCUT2D eigenvalue weighted by atomic mass is 10.1. The summed E-state index contributed by atoms with van der Waals surface area (Å²) >= 11 is 0. The van der Waals surface area contributed by atoms with Crippen molar-refractivity contribution in [2.75, 3.05) is 13.2 Å². The summed E-state index contributed by atoms with van der Waals surface area (Å²) in [6, 6.07) is 7.46. The molecular weight excluding hydrogens is 292 g/mol. The minimum Gasteiger partial charge on any atom is -0.378 e. The number of hydrogen-bond donors (Lipinski definition) is 1. The van der Waals surface area contributed by atoms with Crippen molar-refractivity contribution in [2.24, 2.45) is 0 Å². The molecule has 0 bridgehead atoms. The van der Waals surface area contributed by atoms with Crippen LogP contribution in [-0.4, -0.2) is 39.9 Å². The van der Waals surface area contributed by atoms with E-state index in [-0.39, 0.29) is 5.91 Å². The fraction of sp³-hybridized carbons (Fsp3) is 0.471. The van der Waals surface area contributed by atoms with Gasteiger partial charge in [-0.25, -0.2) is 0 Å². The molecule has 2 aromatic rings. The van der Waals surface area contributed by atoms with Gasteiger partial charge in [0.2, 0.25) is 0 Å². The second kappa shape index (κ2) is 7.87.